The van der Waals surface area contributed by atoms with Gasteiger partial charge in [-0.2, -0.15) is 0 Å². The normalized spacial score (nSPS) is 16.3. The standard InChI is InChI=1S/C38H42Cl2N4O2/c1-37(2)23-29(24-38(3,4)44-37)41-36(46)33(21-25-17-19-27(20-18-25)26-11-6-5-7-12-26)42-34(45)22-28-13-8-9-16-32(28)43-35-30(39)14-10-15-31(35)40/h5-20,29,33,43-44H,21-24H2,1-4H3,(H,41,46)(H,42,45). The predicted molar refractivity (Wildman–Crippen MR) is 190 cm³/mol. The molecule has 1 fully saturated rings. The number of hydrogen-bond acceptors (Lipinski definition) is 4. The van der Waals surface area contributed by atoms with Crippen LogP contribution < -0.4 is 21.3 Å². The highest BCUT2D eigenvalue weighted by Gasteiger charge is 2.39. The number of piperidine rings is 1. The fourth-order valence-corrected chi connectivity index (χ4v) is 7.09. The Morgan fingerprint density at radius 1 is 0.783 bits per heavy atom. The average molecular weight is 658 g/mol. The van der Waals surface area contributed by atoms with Crippen molar-refractivity contribution >= 4 is 46.4 Å². The van der Waals surface area contributed by atoms with Gasteiger partial charge in [-0.15, -0.1) is 0 Å². The van der Waals surface area contributed by atoms with Crippen molar-refractivity contribution in [2.45, 2.75) is 76.5 Å². The molecule has 5 rings (SSSR count). The number of para-hydroxylation sites is 2. The minimum atomic E-state index is -0.755. The summed E-state index contributed by atoms with van der Waals surface area (Å²) in [4.78, 5) is 27.5. The Balaban J connectivity index is 1.34. The number of anilines is 2. The smallest absolute Gasteiger partial charge is 0.243 e. The van der Waals surface area contributed by atoms with Crippen molar-refractivity contribution in [1.82, 2.24) is 16.0 Å². The highest BCUT2D eigenvalue weighted by molar-refractivity contribution is 6.39. The van der Waals surface area contributed by atoms with Crippen LogP contribution in [-0.2, 0) is 22.4 Å². The SMILES string of the molecule is CC1(C)CC(NC(=O)C(Cc2ccc(-c3ccccc3)cc2)NC(=O)Cc2ccccc2Nc2c(Cl)cccc2Cl)CC(C)(C)N1. The molecule has 1 aliphatic heterocycles. The lowest BCUT2D eigenvalue weighted by Crippen LogP contribution is -2.63. The van der Waals surface area contributed by atoms with Gasteiger partial charge in [-0.1, -0.05) is 102 Å². The summed E-state index contributed by atoms with van der Waals surface area (Å²) in [5.41, 5.74) is 4.95. The molecular weight excluding hydrogens is 615 g/mol. The number of amides is 2. The third-order valence-electron chi connectivity index (χ3n) is 8.28. The molecule has 1 heterocycles. The Hall–Kier alpha value is -3.84. The van der Waals surface area contributed by atoms with E-state index in [4.69, 9.17) is 23.2 Å². The molecule has 4 aromatic carbocycles. The van der Waals surface area contributed by atoms with Gasteiger partial charge in [-0.3, -0.25) is 9.59 Å². The second kappa shape index (κ2) is 14.3. The zero-order valence-electron chi connectivity index (χ0n) is 26.8. The van der Waals surface area contributed by atoms with Gasteiger partial charge in [0.1, 0.15) is 6.04 Å². The van der Waals surface area contributed by atoms with Gasteiger partial charge in [0.2, 0.25) is 11.8 Å². The monoisotopic (exact) mass is 656 g/mol. The molecule has 2 amide bonds. The Morgan fingerprint density at radius 2 is 1.37 bits per heavy atom. The molecule has 4 aromatic rings. The van der Waals surface area contributed by atoms with E-state index in [-0.39, 0.29) is 35.4 Å². The molecule has 1 atom stereocenters. The minimum absolute atomic E-state index is 0.0242. The van der Waals surface area contributed by atoms with Gasteiger partial charge < -0.3 is 21.3 Å². The number of hydrogen-bond donors (Lipinski definition) is 4. The van der Waals surface area contributed by atoms with Crippen LogP contribution in [0.25, 0.3) is 11.1 Å². The zero-order chi connectivity index (χ0) is 32.9. The van der Waals surface area contributed by atoms with Crippen LogP contribution in [0.4, 0.5) is 11.4 Å². The lowest BCUT2D eigenvalue weighted by Gasteiger charge is -2.46. The highest BCUT2D eigenvalue weighted by Crippen LogP contribution is 2.34. The summed E-state index contributed by atoms with van der Waals surface area (Å²) >= 11 is 12.8. The molecule has 0 spiro atoms. The number of nitrogens with one attached hydrogen (secondary N) is 4. The van der Waals surface area contributed by atoms with E-state index < -0.39 is 6.04 Å². The first-order chi connectivity index (χ1) is 21.9. The van der Waals surface area contributed by atoms with Crippen molar-refractivity contribution in [2.24, 2.45) is 0 Å². The first-order valence-electron chi connectivity index (χ1n) is 15.7. The van der Waals surface area contributed by atoms with E-state index >= 15 is 0 Å². The fraction of sp³-hybridized carbons (Fsp3) is 0.316. The van der Waals surface area contributed by atoms with Crippen LogP contribution in [0.5, 0.6) is 0 Å². The Morgan fingerprint density at radius 3 is 2.02 bits per heavy atom. The quantitative estimate of drug-likeness (QED) is 0.139. The molecule has 1 saturated heterocycles. The van der Waals surface area contributed by atoms with Gasteiger partial charge in [0, 0.05) is 29.2 Å². The van der Waals surface area contributed by atoms with Crippen LogP contribution in [0.2, 0.25) is 10.0 Å². The van der Waals surface area contributed by atoms with E-state index in [1.807, 2.05) is 54.6 Å². The Kier molecular flexibility index (Phi) is 10.4. The van der Waals surface area contributed by atoms with Crippen LogP contribution in [-0.4, -0.2) is 35.0 Å². The maximum Gasteiger partial charge on any atom is 0.243 e. The molecule has 240 valence electrons. The summed E-state index contributed by atoms with van der Waals surface area (Å²) < 4.78 is 0. The average Bonchev–Trinajstić information content (AvgIpc) is 2.99. The second-order valence-electron chi connectivity index (χ2n) is 13.4. The lowest BCUT2D eigenvalue weighted by molar-refractivity contribution is -0.129. The van der Waals surface area contributed by atoms with E-state index in [1.165, 1.54) is 0 Å². The van der Waals surface area contributed by atoms with E-state index in [0.717, 1.165) is 35.1 Å². The second-order valence-corrected chi connectivity index (χ2v) is 14.3. The van der Waals surface area contributed by atoms with Crippen LogP contribution in [0.15, 0.2) is 97.1 Å². The van der Waals surface area contributed by atoms with E-state index in [2.05, 4.69) is 73.2 Å². The summed E-state index contributed by atoms with van der Waals surface area (Å²) in [6.07, 6.45) is 2.01. The van der Waals surface area contributed by atoms with Crippen LogP contribution in [0.1, 0.15) is 51.7 Å². The third kappa shape index (κ3) is 8.91. The van der Waals surface area contributed by atoms with Crippen molar-refractivity contribution in [1.29, 1.82) is 0 Å². The molecule has 1 aliphatic rings. The van der Waals surface area contributed by atoms with Gasteiger partial charge in [-0.25, -0.2) is 0 Å². The topological polar surface area (TPSA) is 82.3 Å². The van der Waals surface area contributed by atoms with Crippen molar-refractivity contribution in [2.75, 3.05) is 5.32 Å². The van der Waals surface area contributed by atoms with Gasteiger partial charge in [-0.05, 0) is 81.0 Å². The van der Waals surface area contributed by atoms with E-state index in [0.29, 0.717) is 27.8 Å². The molecule has 0 radical (unpaired) electrons. The number of carbonyl (C=O) groups is 2. The van der Waals surface area contributed by atoms with Crippen molar-refractivity contribution in [3.05, 3.63) is 118 Å². The predicted octanol–water partition coefficient (Wildman–Crippen LogP) is 8.10. The van der Waals surface area contributed by atoms with Crippen LogP contribution in [0.3, 0.4) is 0 Å². The summed E-state index contributed by atoms with van der Waals surface area (Å²) in [5, 5.41) is 14.3. The maximum atomic E-state index is 13.9. The molecule has 0 aliphatic carbocycles. The first kappa shape index (κ1) is 33.5. The minimum Gasteiger partial charge on any atom is -0.353 e. The third-order valence-corrected chi connectivity index (χ3v) is 8.91. The Bertz CT molecular complexity index is 1640. The van der Waals surface area contributed by atoms with E-state index in [1.54, 1.807) is 18.2 Å². The summed E-state index contributed by atoms with van der Waals surface area (Å²) in [7, 11) is 0. The Labute approximate surface area is 282 Å². The van der Waals surface area contributed by atoms with Crippen molar-refractivity contribution in [3.63, 3.8) is 0 Å². The largest absolute Gasteiger partial charge is 0.353 e. The zero-order valence-corrected chi connectivity index (χ0v) is 28.3. The number of carbonyl (C=O) groups excluding carboxylic acids is 2. The molecule has 8 heteroatoms. The maximum absolute atomic E-state index is 13.9. The van der Waals surface area contributed by atoms with Crippen molar-refractivity contribution < 1.29 is 9.59 Å². The molecule has 4 N–H and O–H groups in total. The highest BCUT2D eigenvalue weighted by atomic mass is 35.5. The summed E-state index contributed by atoms with van der Waals surface area (Å²) in [6, 6.07) is 30.3. The van der Waals surface area contributed by atoms with Gasteiger partial charge in [0.25, 0.3) is 0 Å². The molecule has 1 unspecified atom stereocenters. The van der Waals surface area contributed by atoms with Gasteiger partial charge >= 0.3 is 0 Å². The molecule has 46 heavy (non-hydrogen) atoms. The summed E-state index contributed by atoms with van der Waals surface area (Å²) in [5.74, 6) is -0.445. The molecule has 6 nitrogen and oxygen atoms in total. The van der Waals surface area contributed by atoms with Crippen LogP contribution >= 0.6 is 23.2 Å². The van der Waals surface area contributed by atoms with E-state index in [9.17, 15) is 9.59 Å². The first-order valence-corrected chi connectivity index (χ1v) is 16.5. The number of rotatable bonds is 10. The van der Waals surface area contributed by atoms with Crippen molar-refractivity contribution in [3.8, 4) is 11.1 Å². The molecular formula is C38H42Cl2N4O2. The molecule has 0 saturated carbocycles. The number of halogens is 2. The molecule has 0 bridgehead atoms. The molecule has 0 aromatic heterocycles. The van der Waals surface area contributed by atoms with Gasteiger partial charge in [0.05, 0.1) is 22.2 Å². The van der Waals surface area contributed by atoms with Gasteiger partial charge in [0.15, 0.2) is 0 Å². The lowest BCUT2D eigenvalue weighted by atomic mass is 9.79. The van der Waals surface area contributed by atoms with Crippen LogP contribution in [0, 0.1) is 0 Å². The summed E-state index contributed by atoms with van der Waals surface area (Å²) in [6.45, 7) is 8.62. The number of benzene rings is 4. The fourth-order valence-electron chi connectivity index (χ4n) is 6.60.